The molecular weight excluding hydrogens is 154 g/mol. The average molecular weight is 173 g/mol. The van der Waals surface area contributed by atoms with Crippen molar-refractivity contribution in [1.29, 1.82) is 0 Å². The fourth-order valence-corrected chi connectivity index (χ4v) is 1.48. The second-order valence-corrected chi connectivity index (χ2v) is 4.11. The molecule has 12 heavy (non-hydrogen) atoms. The van der Waals surface area contributed by atoms with Gasteiger partial charge >= 0.3 is 0 Å². The molecule has 3 heteroatoms. The molecule has 0 spiro atoms. The number of β-amino-alcohol motifs (C(OH)–C–C–N with tert-alkyl or cyclic N) is 1. The van der Waals surface area contributed by atoms with Crippen molar-refractivity contribution < 1.29 is 9.84 Å². The van der Waals surface area contributed by atoms with Crippen LogP contribution in [0.3, 0.4) is 0 Å². The van der Waals surface area contributed by atoms with Gasteiger partial charge in [-0.1, -0.05) is 0 Å². The molecular formula is C9H19NO2. The van der Waals surface area contributed by atoms with E-state index in [0.717, 1.165) is 13.2 Å². The molecule has 1 N–H and O–H groups in total. The van der Waals surface area contributed by atoms with E-state index in [9.17, 15) is 5.11 Å². The molecule has 3 nitrogen and oxygen atoms in total. The molecule has 0 saturated carbocycles. The highest BCUT2D eigenvalue weighted by molar-refractivity contribution is 4.81. The predicted octanol–water partition coefficient (Wildman–Crippen LogP) is 0.478. The maximum atomic E-state index is 9.81. The van der Waals surface area contributed by atoms with Gasteiger partial charge < -0.3 is 9.84 Å². The van der Waals surface area contributed by atoms with Crippen LogP contribution in [0.5, 0.6) is 0 Å². The topological polar surface area (TPSA) is 32.7 Å². The predicted molar refractivity (Wildman–Crippen MR) is 48.2 cm³/mol. The molecule has 0 aromatic rings. The lowest BCUT2D eigenvalue weighted by Crippen LogP contribution is -2.44. The molecule has 0 bridgehead atoms. The largest absolute Gasteiger partial charge is 0.386 e. The van der Waals surface area contributed by atoms with Gasteiger partial charge in [-0.05, 0) is 20.8 Å². The SMILES string of the molecule is CC(C)N1CCOC[C@@](C)(O)C1. The van der Waals surface area contributed by atoms with Crippen LogP contribution in [0.25, 0.3) is 0 Å². The van der Waals surface area contributed by atoms with Gasteiger partial charge in [-0.2, -0.15) is 0 Å². The summed E-state index contributed by atoms with van der Waals surface area (Å²) in [5.74, 6) is 0. The zero-order chi connectivity index (χ0) is 9.19. The summed E-state index contributed by atoms with van der Waals surface area (Å²) in [5.41, 5.74) is -0.680. The minimum absolute atomic E-state index is 0.455. The fourth-order valence-electron chi connectivity index (χ4n) is 1.48. The molecule has 1 saturated heterocycles. The molecule has 0 aromatic carbocycles. The summed E-state index contributed by atoms with van der Waals surface area (Å²) in [6.07, 6.45) is 0. The molecule has 0 aromatic heterocycles. The first-order valence-electron chi connectivity index (χ1n) is 4.55. The van der Waals surface area contributed by atoms with E-state index in [0.29, 0.717) is 19.2 Å². The zero-order valence-corrected chi connectivity index (χ0v) is 8.21. The highest BCUT2D eigenvalue weighted by Crippen LogP contribution is 2.13. The first kappa shape index (κ1) is 9.96. The van der Waals surface area contributed by atoms with Gasteiger partial charge in [0, 0.05) is 19.1 Å². The maximum absolute atomic E-state index is 9.81. The van der Waals surface area contributed by atoms with Gasteiger partial charge in [0.15, 0.2) is 0 Å². The van der Waals surface area contributed by atoms with Gasteiger partial charge in [-0.3, -0.25) is 4.90 Å². The lowest BCUT2D eigenvalue weighted by Gasteiger charge is -2.29. The average Bonchev–Trinajstić information content (AvgIpc) is 2.10. The van der Waals surface area contributed by atoms with Gasteiger partial charge in [0.25, 0.3) is 0 Å². The monoisotopic (exact) mass is 173 g/mol. The lowest BCUT2D eigenvalue weighted by molar-refractivity contribution is -0.0242. The van der Waals surface area contributed by atoms with E-state index in [2.05, 4.69) is 18.7 Å². The normalized spacial score (nSPS) is 33.8. The molecule has 1 fully saturated rings. The van der Waals surface area contributed by atoms with E-state index in [1.165, 1.54) is 0 Å². The Balaban J connectivity index is 2.54. The first-order chi connectivity index (χ1) is 5.51. The summed E-state index contributed by atoms with van der Waals surface area (Å²) in [6.45, 7) is 8.93. The van der Waals surface area contributed by atoms with Crippen LogP contribution in [0.2, 0.25) is 0 Å². The molecule has 0 unspecified atom stereocenters. The molecule has 1 rings (SSSR count). The Hall–Kier alpha value is -0.120. The Kier molecular flexibility index (Phi) is 3.09. The van der Waals surface area contributed by atoms with Crippen molar-refractivity contribution in [3.8, 4) is 0 Å². The van der Waals surface area contributed by atoms with Crippen molar-refractivity contribution >= 4 is 0 Å². The lowest BCUT2D eigenvalue weighted by atomic mass is 10.1. The molecule has 0 radical (unpaired) electrons. The minimum Gasteiger partial charge on any atom is -0.386 e. The number of hydrogen-bond donors (Lipinski definition) is 1. The quantitative estimate of drug-likeness (QED) is 0.626. The van der Waals surface area contributed by atoms with Crippen LogP contribution < -0.4 is 0 Å². The summed E-state index contributed by atoms with van der Waals surface area (Å²) >= 11 is 0. The van der Waals surface area contributed by atoms with E-state index < -0.39 is 5.60 Å². The van der Waals surface area contributed by atoms with Crippen molar-refractivity contribution in [2.24, 2.45) is 0 Å². The van der Waals surface area contributed by atoms with Crippen molar-refractivity contribution in [1.82, 2.24) is 4.90 Å². The number of hydrogen-bond acceptors (Lipinski definition) is 3. The van der Waals surface area contributed by atoms with Crippen molar-refractivity contribution in [2.45, 2.75) is 32.4 Å². The maximum Gasteiger partial charge on any atom is 0.0978 e. The third-order valence-corrected chi connectivity index (χ3v) is 2.21. The van der Waals surface area contributed by atoms with E-state index >= 15 is 0 Å². The number of aliphatic hydroxyl groups is 1. The third-order valence-electron chi connectivity index (χ3n) is 2.21. The Morgan fingerprint density at radius 1 is 1.50 bits per heavy atom. The highest BCUT2D eigenvalue weighted by Gasteiger charge is 2.28. The minimum atomic E-state index is -0.680. The van der Waals surface area contributed by atoms with Crippen LogP contribution in [-0.4, -0.2) is 48.0 Å². The van der Waals surface area contributed by atoms with E-state index in [-0.39, 0.29) is 0 Å². The fraction of sp³-hybridized carbons (Fsp3) is 1.00. The van der Waals surface area contributed by atoms with Crippen LogP contribution in [0.4, 0.5) is 0 Å². The second kappa shape index (κ2) is 3.73. The summed E-state index contributed by atoms with van der Waals surface area (Å²) in [7, 11) is 0. The van der Waals surface area contributed by atoms with Gasteiger partial charge in [0.2, 0.25) is 0 Å². The van der Waals surface area contributed by atoms with Gasteiger partial charge in [0.05, 0.1) is 18.8 Å². The number of nitrogens with zero attached hydrogens (tertiary/aromatic N) is 1. The molecule has 0 aliphatic carbocycles. The Labute approximate surface area is 74.3 Å². The smallest absolute Gasteiger partial charge is 0.0978 e. The summed E-state index contributed by atoms with van der Waals surface area (Å²) < 4.78 is 5.30. The Morgan fingerprint density at radius 3 is 2.75 bits per heavy atom. The Bertz CT molecular complexity index is 145. The van der Waals surface area contributed by atoms with Gasteiger partial charge in [-0.25, -0.2) is 0 Å². The second-order valence-electron chi connectivity index (χ2n) is 4.11. The molecule has 1 atom stereocenters. The standard InChI is InChI=1S/C9H19NO2/c1-8(2)10-4-5-12-7-9(3,11)6-10/h8,11H,4-7H2,1-3H3/t9-/m0/s1. The zero-order valence-electron chi connectivity index (χ0n) is 8.21. The summed E-state index contributed by atoms with van der Waals surface area (Å²) in [5, 5.41) is 9.81. The van der Waals surface area contributed by atoms with Gasteiger partial charge in [0.1, 0.15) is 0 Å². The molecule has 72 valence electrons. The molecule has 1 aliphatic heterocycles. The van der Waals surface area contributed by atoms with Crippen LogP contribution >= 0.6 is 0 Å². The highest BCUT2D eigenvalue weighted by atomic mass is 16.5. The molecule has 0 amide bonds. The summed E-state index contributed by atoms with van der Waals surface area (Å²) in [6, 6.07) is 0.484. The third kappa shape index (κ3) is 2.73. The summed E-state index contributed by atoms with van der Waals surface area (Å²) in [4.78, 5) is 2.24. The van der Waals surface area contributed by atoms with E-state index in [1.807, 2.05) is 6.92 Å². The van der Waals surface area contributed by atoms with Gasteiger partial charge in [-0.15, -0.1) is 0 Å². The van der Waals surface area contributed by atoms with Crippen LogP contribution in [0.15, 0.2) is 0 Å². The molecule has 1 aliphatic rings. The molecule has 1 heterocycles. The van der Waals surface area contributed by atoms with Crippen LogP contribution in [0, 0.1) is 0 Å². The Morgan fingerprint density at radius 2 is 2.17 bits per heavy atom. The van der Waals surface area contributed by atoms with Crippen LogP contribution in [-0.2, 0) is 4.74 Å². The number of ether oxygens (including phenoxy) is 1. The first-order valence-corrected chi connectivity index (χ1v) is 4.55. The van der Waals surface area contributed by atoms with Crippen molar-refractivity contribution in [2.75, 3.05) is 26.3 Å². The van der Waals surface area contributed by atoms with Crippen molar-refractivity contribution in [3.05, 3.63) is 0 Å². The van der Waals surface area contributed by atoms with Crippen LogP contribution in [0.1, 0.15) is 20.8 Å². The van der Waals surface area contributed by atoms with E-state index in [4.69, 9.17) is 4.74 Å². The van der Waals surface area contributed by atoms with Crippen molar-refractivity contribution in [3.63, 3.8) is 0 Å². The number of rotatable bonds is 1. The van der Waals surface area contributed by atoms with E-state index in [1.54, 1.807) is 0 Å².